The van der Waals surface area contributed by atoms with E-state index in [2.05, 4.69) is 20.9 Å². The zero-order chi connectivity index (χ0) is 32.6. The van der Waals surface area contributed by atoms with Gasteiger partial charge in [0, 0.05) is 34.5 Å². The minimum absolute atomic E-state index is 0.222. The van der Waals surface area contributed by atoms with Crippen LogP contribution in [-0.4, -0.2) is 85.7 Å². The molecule has 0 bridgehead atoms. The number of rotatable bonds is 12. The second-order valence-electron chi connectivity index (χ2n) is 12.0. The van der Waals surface area contributed by atoms with Gasteiger partial charge in [-0.05, 0) is 51.3 Å². The Morgan fingerprint density at radius 2 is 1.87 bits per heavy atom. The van der Waals surface area contributed by atoms with Gasteiger partial charge in [-0.25, -0.2) is 0 Å². The summed E-state index contributed by atoms with van der Waals surface area (Å²) in [7, 11) is 0. The molecule has 1 saturated heterocycles. The first kappa shape index (κ1) is 34.1. The molecule has 45 heavy (non-hydrogen) atoms. The molecule has 10 nitrogen and oxygen atoms in total. The summed E-state index contributed by atoms with van der Waals surface area (Å²) in [5.41, 5.74) is 0.427. The third kappa shape index (κ3) is 9.38. The molecule has 4 N–H and O–H groups in total. The van der Waals surface area contributed by atoms with Gasteiger partial charge in [0.15, 0.2) is 12.7 Å². The van der Waals surface area contributed by atoms with Crippen LogP contribution in [0.2, 0.25) is 0 Å². The minimum atomic E-state index is -1.50. The number of nitrogens with zero attached hydrogens (tertiary/aromatic N) is 2. The highest BCUT2D eigenvalue weighted by atomic mass is 32.2. The van der Waals surface area contributed by atoms with Crippen LogP contribution in [0.4, 0.5) is 0 Å². The molecule has 1 aromatic heterocycles. The summed E-state index contributed by atoms with van der Waals surface area (Å²) in [5, 5.41) is 22.2. The van der Waals surface area contributed by atoms with Gasteiger partial charge in [0.05, 0.1) is 22.9 Å². The molecule has 3 amide bonds. The number of fused-ring (bicyclic) bond motifs is 1. The summed E-state index contributed by atoms with van der Waals surface area (Å²) in [4.78, 5) is 45.4. The number of carbonyl (C=O) groups is 3. The van der Waals surface area contributed by atoms with E-state index in [0.29, 0.717) is 23.8 Å². The van der Waals surface area contributed by atoms with E-state index in [1.165, 1.54) is 16.7 Å². The van der Waals surface area contributed by atoms with Gasteiger partial charge in [0.25, 0.3) is 11.8 Å². The molecule has 3 aromatic rings. The number of aliphatic hydroxyl groups excluding tert-OH is 1. The number of hydrogen-bond acceptors (Lipinski definition) is 8. The van der Waals surface area contributed by atoms with Gasteiger partial charge in [-0.15, -0.1) is 11.8 Å². The van der Waals surface area contributed by atoms with Gasteiger partial charge in [0.2, 0.25) is 5.91 Å². The number of hydrogen-bond donors (Lipinski definition) is 4. The fourth-order valence-corrected chi connectivity index (χ4v) is 6.56. The van der Waals surface area contributed by atoms with Gasteiger partial charge in [-0.2, -0.15) is 0 Å². The van der Waals surface area contributed by atoms with Crippen molar-refractivity contribution in [2.24, 2.45) is 0 Å². The molecule has 4 rings (SSSR count). The summed E-state index contributed by atoms with van der Waals surface area (Å²) in [6.07, 6.45) is 2.66. The lowest BCUT2D eigenvalue weighted by atomic mass is 9.99. The van der Waals surface area contributed by atoms with Crippen LogP contribution in [0.5, 0.6) is 5.75 Å². The third-order valence-corrected chi connectivity index (χ3v) is 8.70. The van der Waals surface area contributed by atoms with Gasteiger partial charge in [-0.1, -0.05) is 61.6 Å². The molecule has 4 atom stereocenters. The number of carbonyl (C=O) groups excluding carboxylic acids is 3. The number of aliphatic hydroxyl groups is 1. The zero-order valence-electron chi connectivity index (χ0n) is 26.0. The lowest BCUT2D eigenvalue weighted by Gasteiger charge is -2.32. The normalized spacial score (nSPS) is 16.8. The number of pyridine rings is 1. The Labute approximate surface area is 273 Å². The molecule has 1 fully saturated rings. The lowest BCUT2D eigenvalue weighted by Crippen LogP contribution is -2.59. The van der Waals surface area contributed by atoms with Crippen LogP contribution < -0.4 is 20.7 Å². The van der Waals surface area contributed by atoms with Crippen LogP contribution in [0.25, 0.3) is 10.8 Å². The maximum atomic E-state index is 13.7. The van der Waals surface area contributed by atoms with Crippen LogP contribution in [0, 0.1) is 0 Å². The van der Waals surface area contributed by atoms with Crippen molar-refractivity contribution < 1.29 is 24.2 Å². The van der Waals surface area contributed by atoms with Crippen molar-refractivity contribution >= 4 is 57.5 Å². The Bertz CT molecular complexity index is 1490. The lowest BCUT2D eigenvalue weighted by molar-refractivity contribution is -0.146. The number of ether oxygens (including phenoxy) is 1. The van der Waals surface area contributed by atoms with Crippen molar-refractivity contribution in [1.82, 2.24) is 25.8 Å². The number of benzene rings is 2. The first-order valence-electron chi connectivity index (χ1n) is 14.9. The Morgan fingerprint density at radius 1 is 1.11 bits per heavy atom. The van der Waals surface area contributed by atoms with E-state index in [1.54, 1.807) is 18.5 Å². The van der Waals surface area contributed by atoms with E-state index < -0.39 is 35.7 Å². The number of amides is 3. The molecular weight excluding hydrogens is 611 g/mol. The number of thiocarbonyl (C=S) groups is 1. The third-order valence-electron chi connectivity index (χ3n) is 7.29. The fourth-order valence-electron chi connectivity index (χ4n) is 5.02. The average molecular weight is 652 g/mol. The summed E-state index contributed by atoms with van der Waals surface area (Å²) in [5.74, 6) is 0.125. The molecule has 2 heterocycles. The summed E-state index contributed by atoms with van der Waals surface area (Å²) in [6.45, 7) is 7.30. The van der Waals surface area contributed by atoms with E-state index in [4.69, 9.17) is 17.0 Å². The van der Waals surface area contributed by atoms with E-state index in [0.717, 1.165) is 16.3 Å². The molecule has 240 valence electrons. The number of aromatic nitrogens is 1. The first-order chi connectivity index (χ1) is 21.5. The van der Waals surface area contributed by atoms with Crippen LogP contribution in [0.1, 0.15) is 39.7 Å². The van der Waals surface area contributed by atoms with Crippen molar-refractivity contribution in [1.29, 1.82) is 0 Å². The largest absolute Gasteiger partial charge is 0.483 e. The standard InChI is InChI=1S/C33H41N5O5S2/c1-5-24(35-28(39)18-43-27-13-9-12-22-17-34-15-14-23(22)27)31(44)36-25(16-21-10-7-6-8-11-21)29(40)32(42)38-20-45-19-26(38)30(41)37-33(2,3)4/h6-15,17,24-26,29,40H,5,16,18-20H2,1-4H3,(H,35,39)(H,36,44)(H,37,41). The van der Waals surface area contributed by atoms with E-state index in [1.807, 2.05) is 76.2 Å². The molecular formula is C33H41N5O5S2. The SMILES string of the molecule is CCC(NC(=O)COc1cccc2cnccc12)C(=S)NC(Cc1ccccc1)C(O)C(=O)N1CSCC1C(=O)NC(C)(C)C. The Kier molecular flexibility index (Phi) is 11.8. The number of thioether (sulfide) groups is 1. The van der Waals surface area contributed by atoms with Gasteiger partial charge >= 0.3 is 0 Å². The zero-order valence-corrected chi connectivity index (χ0v) is 27.6. The molecule has 0 radical (unpaired) electrons. The Balaban J connectivity index is 1.44. The van der Waals surface area contributed by atoms with E-state index >= 15 is 0 Å². The fraction of sp³-hybridized carbons (Fsp3) is 0.424. The molecule has 1 aliphatic rings. The first-order valence-corrected chi connectivity index (χ1v) is 16.5. The molecule has 4 unspecified atom stereocenters. The minimum Gasteiger partial charge on any atom is -0.483 e. The van der Waals surface area contributed by atoms with Crippen LogP contribution in [0.15, 0.2) is 67.0 Å². The van der Waals surface area contributed by atoms with Crippen molar-refractivity contribution in [2.45, 2.75) is 70.3 Å². The van der Waals surface area contributed by atoms with Gasteiger partial charge in [0.1, 0.15) is 11.8 Å². The monoisotopic (exact) mass is 651 g/mol. The van der Waals surface area contributed by atoms with Crippen molar-refractivity contribution in [3.63, 3.8) is 0 Å². The smallest absolute Gasteiger partial charge is 0.258 e. The number of nitrogens with one attached hydrogen (secondary N) is 3. The van der Waals surface area contributed by atoms with E-state index in [-0.39, 0.29) is 29.8 Å². The highest BCUT2D eigenvalue weighted by Crippen LogP contribution is 2.25. The van der Waals surface area contributed by atoms with Crippen molar-refractivity contribution in [3.05, 3.63) is 72.6 Å². The van der Waals surface area contributed by atoms with Crippen molar-refractivity contribution in [2.75, 3.05) is 18.2 Å². The Hall–Kier alpha value is -3.74. The highest BCUT2D eigenvalue weighted by Gasteiger charge is 2.40. The maximum absolute atomic E-state index is 13.7. The van der Waals surface area contributed by atoms with Crippen LogP contribution in [-0.2, 0) is 20.8 Å². The molecule has 0 aliphatic carbocycles. The molecule has 1 aliphatic heterocycles. The van der Waals surface area contributed by atoms with Gasteiger partial charge in [-0.3, -0.25) is 19.4 Å². The summed E-state index contributed by atoms with van der Waals surface area (Å²) >= 11 is 7.18. The second kappa shape index (κ2) is 15.5. The van der Waals surface area contributed by atoms with Crippen LogP contribution >= 0.6 is 24.0 Å². The predicted molar refractivity (Wildman–Crippen MR) is 181 cm³/mol. The summed E-state index contributed by atoms with van der Waals surface area (Å²) in [6, 6.07) is 14.8. The molecule has 12 heteroatoms. The molecule has 0 spiro atoms. The van der Waals surface area contributed by atoms with Crippen LogP contribution in [0.3, 0.4) is 0 Å². The van der Waals surface area contributed by atoms with Crippen molar-refractivity contribution in [3.8, 4) is 5.75 Å². The average Bonchev–Trinajstić information content (AvgIpc) is 3.51. The predicted octanol–water partition coefficient (Wildman–Crippen LogP) is 3.21. The highest BCUT2D eigenvalue weighted by molar-refractivity contribution is 7.99. The quantitative estimate of drug-likeness (QED) is 0.218. The Morgan fingerprint density at radius 3 is 2.58 bits per heavy atom. The topological polar surface area (TPSA) is 133 Å². The van der Waals surface area contributed by atoms with E-state index in [9.17, 15) is 19.5 Å². The molecule has 2 aromatic carbocycles. The van der Waals surface area contributed by atoms with Gasteiger partial charge < -0.3 is 30.7 Å². The second-order valence-corrected chi connectivity index (χ2v) is 13.4. The maximum Gasteiger partial charge on any atom is 0.258 e. The summed E-state index contributed by atoms with van der Waals surface area (Å²) < 4.78 is 5.82. The molecule has 0 saturated carbocycles.